The summed E-state index contributed by atoms with van der Waals surface area (Å²) in [6.45, 7) is 9.42. The molecule has 1 aromatic heterocycles. The molecule has 6 heteroatoms. The number of nitrogens with one attached hydrogen (secondary N) is 1. The summed E-state index contributed by atoms with van der Waals surface area (Å²) in [6.07, 6.45) is 1.73. The van der Waals surface area contributed by atoms with Gasteiger partial charge in [-0.1, -0.05) is 13.8 Å². The predicted molar refractivity (Wildman–Crippen MR) is 82.1 cm³/mol. The van der Waals surface area contributed by atoms with Gasteiger partial charge >= 0.3 is 0 Å². The van der Waals surface area contributed by atoms with Gasteiger partial charge in [-0.2, -0.15) is 4.31 Å². The highest BCUT2D eigenvalue weighted by atomic mass is 32.2. The Morgan fingerprint density at radius 3 is 2.40 bits per heavy atom. The fourth-order valence-electron chi connectivity index (χ4n) is 2.10. The molecule has 0 aliphatic carbocycles. The van der Waals surface area contributed by atoms with Crippen molar-refractivity contribution < 1.29 is 8.42 Å². The lowest BCUT2D eigenvalue weighted by Crippen LogP contribution is -2.38. The second kappa shape index (κ2) is 6.74. The Kier molecular flexibility index (Phi) is 5.79. The summed E-state index contributed by atoms with van der Waals surface area (Å²) in [5.41, 5.74) is 0.985. The maximum Gasteiger partial charge on any atom is 0.244 e. The van der Waals surface area contributed by atoms with Gasteiger partial charge in [0.1, 0.15) is 4.90 Å². The zero-order valence-electron chi connectivity index (χ0n) is 13.3. The quantitative estimate of drug-likeness (QED) is 0.837. The van der Waals surface area contributed by atoms with E-state index in [1.807, 2.05) is 39.3 Å². The first-order valence-electron chi connectivity index (χ1n) is 7.07. The Morgan fingerprint density at radius 1 is 1.35 bits per heavy atom. The first kappa shape index (κ1) is 17.2. The molecule has 0 saturated carbocycles. The van der Waals surface area contributed by atoms with E-state index < -0.39 is 10.0 Å². The van der Waals surface area contributed by atoms with Crippen molar-refractivity contribution in [3.63, 3.8) is 0 Å². The van der Waals surface area contributed by atoms with Crippen molar-refractivity contribution in [1.82, 2.24) is 14.2 Å². The van der Waals surface area contributed by atoms with Crippen LogP contribution >= 0.6 is 0 Å². The van der Waals surface area contributed by atoms with Crippen molar-refractivity contribution in [1.29, 1.82) is 0 Å². The van der Waals surface area contributed by atoms with E-state index in [2.05, 4.69) is 5.32 Å². The molecule has 1 atom stereocenters. The highest BCUT2D eigenvalue weighted by molar-refractivity contribution is 7.89. The van der Waals surface area contributed by atoms with E-state index >= 15 is 0 Å². The number of sulfonamides is 1. The molecule has 1 aromatic rings. The van der Waals surface area contributed by atoms with Crippen molar-refractivity contribution in [3.05, 3.63) is 18.0 Å². The summed E-state index contributed by atoms with van der Waals surface area (Å²) < 4.78 is 28.7. The van der Waals surface area contributed by atoms with Crippen molar-refractivity contribution in [3.8, 4) is 0 Å². The minimum absolute atomic E-state index is 0.0299. The maximum atomic E-state index is 12.7. The van der Waals surface area contributed by atoms with Gasteiger partial charge in [0.15, 0.2) is 0 Å². The van der Waals surface area contributed by atoms with E-state index in [1.165, 1.54) is 4.31 Å². The van der Waals surface area contributed by atoms with Gasteiger partial charge in [0.2, 0.25) is 10.0 Å². The number of hydrogen-bond donors (Lipinski definition) is 1. The van der Waals surface area contributed by atoms with E-state index in [-0.39, 0.29) is 12.0 Å². The van der Waals surface area contributed by atoms with Crippen molar-refractivity contribution in [2.24, 2.45) is 5.92 Å². The molecule has 0 amide bonds. The van der Waals surface area contributed by atoms with Crippen LogP contribution < -0.4 is 5.32 Å². The van der Waals surface area contributed by atoms with Crippen molar-refractivity contribution in [2.75, 3.05) is 14.1 Å². The molecule has 0 aromatic carbocycles. The summed E-state index contributed by atoms with van der Waals surface area (Å²) in [6, 6.07) is 1.73. The normalized spacial score (nSPS) is 14.2. The molecule has 1 N–H and O–H groups in total. The lowest BCUT2D eigenvalue weighted by atomic mass is 10.1. The molecule has 116 valence electrons. The van der Waals surface area contributed by atoms with Gasteiger partial charge in [-0.3, -0.25) is 0 Å². The third-order valence-corrected chi connectivity index (χ3v) is 5.78. The zero-order chi connectivity index (χ0) is 15.5. The van der Waals surface area contributed by atoms with Gasteiger partial charge in [-0.25, -0.2) is 8.42 Å². The molecule has 0 aliphatic rings. The summed E-state index contributed by atoms with van der Waals surface area (Å²) in [7, 11) is 0.0805. The van der Waals surface area contributed by atoms with Crippen molar-refractivity contribution in [2.45, 2.75) is 51.7 Å². The van der Waals surface area contributed by atoms with Gasteiger partial charge in [0.05, 0.1) is 0 Å². The molecule has 1 rings (SSSR count). The van der Waals surface area contributed by atoms with Crippen LogP contribution in [0.1, 0.15) is 33.4 Å². The lowest BCUT2D eigenvalue weighted by Gasteiger charge is -2.26. The highest BCUT2D eigenvalue weighted by Gasteiger charge is 2.28. The van der Waals surface area contributed by atoms with E-state index in [0.29, 0.717) is 11.4 Å². The summed E-state index contributed by atoms with van der Waals surface area (Å²) in [5.74, 6) is 0.278. The third-order valence-electron chi connectivity index (χ3n) is 3.87. The second-order valence-corrected chi connectivity index (χ2v) is 7.49. The minimum atomic E-state index is -3.43. The van der Waals surface area contributed by atoms with Crippen LogP contribution in [0, 0.1) is 5.92 Å². The van der Waals surface area contributed by atoms with Crippen LogP contribution in [0.25, 0.3) is 0 Å². The van der Waals surface area contributed by atoms with Gasteiger partial charge in [0, 0.05) is 38.1 Å². The molecular weight excluding hydrogens is 274 g/mol. The number of hydrogen-bond acceptors (Lipinski definition) is 3. The molecule has 0 saturated heterocycles. The van der Waals surface area contributed by atoms with E-state index in [0.717, 1.165) is 12.2 Å². The van der Waals surface area contributed by atoms with Crippen LogP contribution in [-0.4, -0.2) is 37.4 Å². The van der Waals surface area contributed by atoms with Gasteiger partial charge < -0.3 is 9.88 Å². The van der Waals surface area contributed by atoms with E-state index in [4.69, 9.17) is 0 Å². The first-order valence-corrected chi connectivity index (χ1v) is 8.51. The molecule has 0 aliphatic heterocycles. The molecule has 20 heavy (non-hydrogen) atoms. The van der Waals surface area contributed by atoms with Gasteiger partial charge in [-0.15, -0.1) is 0 Å². The predicted octanol–water partition coefficient (Wildman–Crippen LogP) is 1.89. The molecule has 0 fully saturated rings. The average molecular weight is 301 g/mol. The van der Waals surface area contributed by atoms with Crippen molar-refractivity contribution >= 4 is 10.0 Å². The van der Waals surface area contributed by atoms with Crippen LogP contribution in [0.5, 0.6) is 0 Å². The fourth-order valence-corrected chi connectivity index (χ4v) is 3.65. The third kappa shape index (κ3) is 3.42. The standard InChI is InChI=1S/C14H27N3O2S/c1-7-17-10-14(8-13(17)9-15-5)20(18,19)16(6)12(4)11(2)3/h8,10-12,15H,7,9H2,1-6H3. The zero-order valence-corrected chi connectivity index (χ0v) is 14.2. The number of aryl methyl sites for hydroxylation is 1. The Labute approximate surface area is 123 Å². The lowest BCUT2D eigenvalue weighted by molar-refractivity contribution is 0.316. The smallest absolute Gasteiger partial charge is 0.244 e. The Hall–Kier alpha value is -0.850. The number of nitrogens with zero attached hydrogens (tertiary/aromatic N) is 2. The SMILES string of the molecule is CCn1cc(S(=O)(=O)N(C)C(C)C(C)C)cc1CNC. The fraction of sp³-hybridized carbons (Fsp3) is 0.714. The Balaban J connectivity index is 3.15. The van der Waals surface area contributed by atoms with Crippen LogP contribution in [-0.2, 0) is 23.1 Å². The number of aromatic nitrogens is 1. The number of rotatable bonds is 7. The van der Waals surface area contributed by atoms with Gasteiger partial charge in [-0.05, 0) is 32.9 Å². The molecule has 5 nitrogen and oxygen atoms in total. The average Bonchev–Trinajstić information content (AvgIpc) is 2.81. The molecule has 0 bridgehead atoms. The molecular formula is C14H27N3O2S. The van der Waals surface area contributed by atoms with Gasteiger partial charge in [0.25, 0.3) is 0 Å². The topological polar surface area (TPSA) is 54.3 Å². The molecule has 0 radical (unpaired) electrons. The summed E-state index contributed by atoms with van der Waals surface area (Å²) in [5, 5.41) is 3.06. The summed E-state index contributed by atoms with van der Waals surface area (Å²) >= 11 is 0. The second-order valence-electron chi connectivity index (χ2n) is 5.49. The molecule has 0 spiro atoms. The van der Waals surface area contributed by atoms with Crippen LogP contribution in [0.4, 0.5) is 0 Å². The maximum absolute atomic E-state index is 12.7. The van der Waals surface area contributed by atoms with E-state index in [1.54, 1.807) is 19.3 Å². The monoisotopic (exact) mass is 301 g/mol. The van der Waals surface area contributed by atoms with E-state index in [9.17, 15) is 8.42 Å². The molecule has 1 heterocycles. The Bertz CT molecular complexity index is 535. The highest BCUT2D eigenvalue weighted by Crippen LogP contribution is 2.22. The Morgan fingerprint density at radius 2 is 1.95 bits per heavy atom. The molecule has 1 unspecified atom stereocenters. The largest absolute Gasteiger partial charge is 0.349 e. The van der Waals surface area contributed by atoms with Crippen LogP contribution in [0.2, 0.25) is 0 Å². The van der Waals surface area contributed by atoms with Crippen LogP contribution in [0.3, 0.4) is 0 Å². The first-order chi connectivity index (χ1) is 9.25. The minimum Gasteiger partial charge on any atom is -0.349 e. The summed E-state index contributed by atoms with van der Waals surface area (Å²) in [4.78, 5) is 0.375. The van der Waals surface area contributed by atoms with Crippen LogP contribution in [0.15, 0.2) is 17.2 Å².